The number of ether oxygens (including phenoxy) is 1. The van der Waals surface area contributed by atoms with Gasteiger partial charge in [-0.1, -0.05) is 18.5 Å². The topological polar surface area (TPSA) is 96.7 Å². The average Bonchev–Trinajstić information content (AvgIpc) is 3.12. The lowest BCUT2D eigenvalue weighted by molar-refractivity contribution is 0.118. The Kier molecular flexibility index (Phi) is 5.58. The highest BCUT2D eigenvalue weighted by molar-refractivity contribution is 6.30. The molecule has 1 atom stereocenters. The molecule has 8 heteroatoms. The van der Waals surface area contributed by atoms with Crippen LogP contribution in [-0.2, 0) is 4.74 Å². The van der Waals surface area contributed by atoms with Crippen LogP contribution in [0.2, 0.25) is 5.02 Å². The van der Waals surface area contributed by atoms with Gasteiger partial charge in [-0.2, -0.15) is 0 Å². The Labute approximate surface area is 154 Å². The van der Waals surface area contributed by atoms with E-state index in [1.165, 1.54) is 0 Å². The quantitative estimate of drug-likeness (QED) is 0.781. The van der Waals surface area contributed by atoms with Gasteiger partial charge in [-0.3, -0.25) is 14.8 Å². The molecule has 2 N–H and O–H groups in total. The van der Waals surface area contributed by atoms with E-state index in [0.717, 1.165) is 24.0 Å². The van der Waals surface area contributed by atoms with Crippen molar-refractivity contribution in [2.45, 2.75) is 32.3 Å². The fraction of sp³-hybridized carbons (Fsp3) is 0.389. The van der Waals surface area contributed by atoms with Crippen LogP contribution in [0.1, 0.15) is 31.7 Å². The number of hydrogen-bond donors (Lipinski definition) is 2. The first-order valence-electron chi connectivity index (χ1n) is 8.50. The molecule has 0 amide bonds. The first-order valence-corrected chi connectivity index (χ1v) is 8.88. The van der Waals surface area contributed by atoms with Crippen molar-refractivity contribution in [3.8, 4) is 11.6 Å². The third kappa shape index (κ3) is 3.73. The third-order valence-electron chi connectivity index (χ3n) is 4.30. The molecule has 2 aromatic rings. The summed E-state index contributed by atoms with van der Waals surface area (Å²) in [5.74, 6) is -0.436. The summed E-state index contributed by atoms with van der Waals surface area (Å²) in [4.78, 5) is 31.3. The zero-order chi connectivity index (χ0) is 18.7. The molecule has 1 aliphatic rings. The molecule has 0 spiro atoms. The summed E-state index contributed by atoms with van der Waals surface area (Å²) in [7, 11) is 0. The van der Waals surface area contributed by atoms with Gasteiger partial charge in [0.2, 0.25) is 5.88 Å². The van der Waals surface area contributed by atoms with E-state index in [0.29, 0.717) is 29.4 Å². The molecule has 1 saturated heterocycles. The molecule has 138 valence electrons. The zero-order valence-electron chi connectivity index (χ0n) is 14.4. The number of aromatic hydroxyl groups is 1. The maximum atomic E-state index is 12.3. The molecule has 0 aliphatic carbocycles. The van der Waals surface area contributed by atoms with Crippen molar-refractivity contribution >= 4 is 17.3 Å². The van der Waals surface area contributed by atoms with Gasteiger partial charge < -0.3 is 9.84 Å². The predicted octanol–water partition coefficient (Wildman–Crippen LogP) is 2.26. The van der Waals surface area contributed by atoms with Crippen LogP contribution >= 0.6 is 11.6 Å². The van der Waals surface area contributed by atoms with Crippen LogP contribution in [0.25, 0.3) is 5.69 Å². The van der Waals surface area contributed by atoms with E-state index in [4.69, 9.17) is 16.3 Å². The number of benzene rings is 1. The van der Waals surface area contributed by atoms with Crippen molar-refractivity contribution < 1.29 is 9.84 Å². The van der Waals surface area contributed by atoms with Crippen LogP contribution in [0, 0.1) is 0 Å². The van der Waals surface area contributed by atoms with Gasteiger partial charge in [-0.15, -0.1) is 0 Å². The van der Waals surface area contributed by atoms with Crippen LogP contribution in [0.4, 0.5) is 0 Å². The van der Waals surface area contributed by atoms with E-state index >= 15 is 0 Å². The molecular formula is C18H20ClN3O4. The number of rotatable bonds is 5. The van der Waals surface area contributed by atoms with Crippen LogP contribution in [0.3, 0.4) is 0 Å². The lowest BCUT2D eigenvalue weighted by atomic mass is 10.1. The van der Waals surface area contributed by atoms with Gasteiger partial charge in [0.05, 0.1) is 24.0 Å². The molecule has 1 aromatic heterocycles. The number of aliphatic imine (C=N–C) groups is 1. The monoisotopic (exact) mass is 377 g/mol. The second kappa shape index (κ2) is 7.88. The fourth-order valence-corrected chi connectivity index (χ4v) is 3.11. The minimum atomic E-state index is -0.729. The van der Waals surface area contributed by atoms with Gasteiger partial charge >= 0.3 is 5.69 Å². The SMILES string of the molecule is CCC(=NCC1CCCO1)c1c(O)n(-c2ccc(Cl)cc2)c(=O)[nH]c1=O. The van der Waals surface area contributed by atoms with E-state index in [-0.39, 0.29) is 11.7 Å². The van der Waals surface area contributed by atoms with E-state index in [1.807, 2.05) is 6.92 Å². The third-order valence-corrected chi connectivity index (χ3v) is 4.56. The molecule has 26 heavy (non-hydrogen) atoms. The Morgan fingerprint density at radius 1 is 1.38 bits per heavy atom. The summed E-state index contributed by atoms with van der Waals surface area (Å²) in [6, 6.07) is 6.36. The van der Waals surface area contributed by atoms with Gasteiger partial charge in [0.25, 0.3) is 5.56 Å². The summed E-state index contributed by atoms with van der Waals surface area (Å²) in [6.07, 6.45) is 2.38. The lowest BCUT2D eigenvalue weighted by Crippen LogP contribution is -2.33. The second-order valence-electron chi connectivity index (χ2n) is 6.05. The Bertz CT molecular complexity index is 925. The van der Waals surface area contributed by atoms with E-state index < -0.39 is 17.1 Å². The van der Waals surface area contributed by atoms with Crippen molar-refractivity contribution in [3.05, 3.63) is 55.7 Å². The summed E-state index contributed by atoms with van der Waals surface area (Å²) >= 11 is 5.87. The highest BCUT2D eigenvalue weighted by atomic mass is 35.5. The van der Waals surface area contributed by atoms with Gasteiger partial charge in [-0.25, -0.2) is 9.36 Å². The minimum absolute atomic E-state index is 0.0000435. The summed E-state index contributed by atoms with van der Waals surface area (Å²) < 4.78 is 6.58. The van der Waals surface area contributed by atoms with Crippen LogP contribution in [-0.4, -0.2) is 39.6 Å². The number of hydrogen-bond acceptors (Lipinski definition) is 5. The standard InChI is InChI=1S/C18H20ClN3O4/c1-2-14(20-10-13-4-3-9-26-13)15-16(23)21-18(25)22(17(15)24)12-7-5-11(19)6-8-12/h5-8,13,24H,2-4,9-10H2,1H3,(H,21,23,25). The normalized spacial score (nSPS) is 17.6. The highest BCUT2D eigenvalue weighted by Crippen LogP contribution is 2.20. The number of H-pyrrole nitrogens is 1. The molecular weight excluding hydrogens is 358 g/mol. The average molecular weight is 378 g/mol. The van der Waals surface area contributed by atoms with E-state index in [9.17, 15) is 14.7 Å². The first-order chi connectivity index (χ1) is 12.5. The maximum Gasteiger partial charge on any atom is 0.335 e. The molecule has 0 bridgehead atoms. The molecule has 3 rings (SSSR count). The molecule has 0 saturated carbocycles. The van der Waals surface area contributed by atoms with Crippen LogP contribution < -0.4 is 11.2 Å². The molecule has 2 heterocycles. The molecule has 7 nitrogen and oxygen atoms in total. The van der Waals surface area contributed by atoms with Crippen LogP contribution in [0.15, 0.2) is 38.8 Å². The van der Waals surface area contributed by atoms with Crippen molar-refractivity contribution in [3.63, 3.8) is 0 Å². The Balaban J connectivity index is 2.07. The Hall–Kier alpha value is -2.38. The molecule has 0 radical (unpaired) electrons. The fourth-order valence-electron chi connectivity index (χ4n) is 2.98. The van der Waals surface area contributed by atoms with E-state index in [1.54, 1.807) is 24.3 Å². The number of halogens is 1. The van der Waals surface area contributed by atoms with E-state index in [2.05, 4.69) is 9.98 Å². The summed E-state index contributed by atoms with van der Waals surface area (Å²) in [5.41, 5.74) is -0.565. The van der Waals surface area contributed by atoms with Gasteiger partial charge in [0.1, 0.15) is 5.56 Å². The second-order valence-corrected chi connectivity index (χ2v) is 6.48. The smallest absolute Gasteiger partial charge is 0.335 e. The van der Waals surface area contributed by atoms with Crippen molar-refractivity contribution in [1.29, 1.82) is 0 Å². The molecule has 1 unspecified atom stereocenters. The summed E-state index contributed by atoms with van der Waals surface area (Å²) in [5, 5.41) is 11.2. The number of aromatic nitrogens is 2. The number of nitrogens with one attached hydrogen (secondary N) is 1. The summed E-state index contributed by atoms with van der Waals surface area (Å²) in [6.45, 7) is 2.97. The van der Waals surface area contributed by atoms with Crippen LogP contribution in [0.5, 0.6) is 5.88 Å². The van der Waals surface area contributed by atoms with Gasteiger partial charge in [-0.05, 0) is 43.5 Å². The number of aromatic amines is 1. The number of nitrogens with zero attached hydrogens (tertiary/aromatic N) is 2. The lowest BCUT2D eigenvalue weighted by Gasteiger charge is -2.13. The molecule has 1 fully saturated rings. The largest absolute Gasteiger partial charge is 0.493 e. The molecule has 1 aliphatic heterocycles. The van der Waals surface area contributed by atoms with Gasteiger partial charge in [0, 0.05) is 11.6 Å². The zero-order valence-corrected chi connectivity index (χ0v) is 15.1. The molecule has 1 aromatic carbocycles. The van der Waals surface area contributed by atoms with Crippen molar-refractivity contribution in [2.24, 2.45) is 4.99 Å². The maximum absolute atomic E-state index is 12.3. The Morgan fingerprint density at radius 2 is 2.12 bits per heavy atom. The minimum Gasteiger partial charge on any atom is -0.493 e. The van der Waals surface area contributed by atoms with Gasteiger partial charge in [0.15, 0.2) is 0 Å². The van der Waals surface area contributed by atoms with Crippen molar-refractivity contribution in [1.82, 2.24) is 9.55 Å². The Morgan fingerprint density at radius 3 is 2.73 bits per heavy atom. The van der Waals surface area contributed by atoms with Crippen molar-refractivity contribution in [2.75, 3.05) is 13.2 Å². The predicted molar refractivity (Wildman–Crippen MR) is 100 cm³/mol. The highest BCUT2D eigenvalue weighted by Gasteiger charge is 2.21. The first kappa shape index (κ1) is 18.4.